The van der Waals surface area contributed by atoms with E-state index in [1.54, 1.807) is 32.0 Å². The molecular formula is C27H27N3O9S. The predicted molar refractivity (Wildman–Crippen MR) is 146 cm³/mol. The van der Waals surface area contributed by atoms with Gasteiger partial charge in [-0.05, 0) is 44.2 Å². The maximum atomic E-state index is 14.0. The van der Waals surface area contributed by atoms with Crippen LogP contribution in [-0.2, 0) is 9.53 Å². The van der Waals surface area contributed by atoms with E-state index in [4.69, 9.17) is 23.7 Å². The van der Waals surface area contributed by atoms with Crippen molar-refractivity contribution >= 4 is 29.1 Å². The lowest BCUT2D eigenvalue weighted by molar-refractivity contribution is -0.385. The van der Waals surface area contributed by atoms with Crippen molar-refractivity contribution in [3.05, 3.63) is 82.5 Å². The van der Waals surface area contributed by atoms with Gasteiger partial charge in [-0.2, -0.15) is 0 Å². The zero-order chi connectivity index (χ0) is 29.1. The fourth-order valence-electron chi connectivity index (χ4n) is 4.44. The van der Waals surface area contributed by atoms with Crippen LogP contribution in [-0.4, -0.2) is 50.5 Å². The molecule has 40 heavy (non-hydrogen) atoms. The van der Waals surface area contributed by atoms with Gasteiger partial charge in [0.15, 0.2) is 16.3 Å². The molecule has 0 amide bonds. The average Bonchev–Trinajstić information content (AvgIpc) is 3.25. The quantitative estimate of drug-likeness (QED) is 0.216. The maximum absolute atomic E-state index is 14.0. The van der Waals surface area contributed by atoms with Gasteiger partial charge in [-0.1, -0.05) is 11.3 Å². The molecule has 1 atom stereocenters. The number of hydrogen-bond donors (Lipinski definition) is 0. The number of fused-ring (bicyclic) bond motifs is 1. The van der Waals surface area contributed by atoms with Crippen LogP contribution in [0.15, 0.2) is 51.4 Å². The number of nitrogens with zero attached hydrogens (tertiary/aromatic N) is 3. The Labute approximate surface area is 232 Å². The lowest BCUT2D eigenvalue weighted by Crippen LogP contribution is -2.40. The molecule has 3 aromatic rings. The highest BCUT2D eigenvalue weighted by atomic mass is 32.1. The summed E-state index contributed by atoms with van der Waals surface area (Å²) in [5.74, 6) is 0.687. The molecule has 4 rings (SSSR count). The van der Waals surface area contributed by atoms with Crippen molar-refractivity contribution < 1.29 is 33.4 Å². The number of carbonyl (C=O) groups excluding carboxylic acids is 1. The summed E-state index contributed by atoms with van der Waals surface area (Å²) < 4.78 is 28.3. The van der Waals surface area contributed by atoms with Crippen molar-refractivity contribution in [3.8, 4) is 23.0 Å². The third kappa shape index (κ3) is 5.02. The lowest BCUT2D eigenvalue weighted by atomic mass is 9.94. The van der Waals surface area contributed by atoms with E-state index in [2.05, 4.69) is 4.99 Å². The predicted octanol–water partition coefficient (Wildman–Crippen LogP) is 2.74. The summed E-state index contributed by atoms with van der Waals surface area (Å²) in [6.45, 7) is 3.45. The van der Waals surface area contributed by atoms with Crippen LogP contribution in [0.1, 0.15) is 31.0 Å². The number of nitro groups is 1. The molecule has 0 radical (unpaired) electrons. The van der Waals surface area contributed by atoms with E-state index in [1.807, 2.05) is 0 Å². The minimum atomic E-state index is -0.970. The van der Waals surface area contributed by atoms with Crippen molar-refractivity contribution in [2.75, 3.05) is 35.0 Å². The smallest absolute Gasteiger partial charge is 0.338 e. The van der Waals surface area contributed by atoms with E-state index in [0.29, 0.717) is 27.6 Å². The summed E-state index contributed by atoms with van der Waals surface area (Å²) in [4.78, 5) is 43.3. The highest BCUT2D eigenvalue weighted by Crippen LogP contribution is 2.38. The van der Waals surface area contributed by atoms with Gasteiger partial charge in [0.1, 0.15) is 17.5 Å². The van der Waals surface area contributed by atoms with Gasteiger partial charge in [0.05, 0.1) is 67.4 Å². The summed E-state index contributed by atoms with van der Waals surface area (Å²) in [5.41, 5.74) is 0.325. The Morgan fingerprint density at radius 2 is 1.75 bits per heavy atom. The van der Waals surface area contributed by atoms with Gasteiger partial charge in [0.2, 0.25) is 0 Å². The Morgan fingerprint density at radius 3 is 2.35 bits per heavy atom. The highest BCUT2D eigenvalue weighted by molar-refractivity contribution is 7.07. The number of benzene rings is 2. The van der Waals surface area contributed by atoms with E-state index in [-0.39, 0.29) is 39.5 Å². The number of nitro benzene ring substituents is 1. The van der Waals surface area contributed by atoms with Gasteiger partial charge in [-0.15, -0.1) is 0 Å². The molecule has 2 heterocycles. The Morgan fingerprint density at radius 1 is 1.07 bits per heavy atom. The second kappa shape index (κ2) is 11.6. The fraction of sp³-hybridized carbons (Fsp3) is 0.296. The van der Waals surface area contributed by atoms with Crippen molar-refractivity contribution in [3.63, 3.8) is 0 Å². The zero-order valence-electron chi connectivity index (χ0n) is 22.7. The number of hydrogen-bond acceptors (Lipinski definition) is 11. The first-order valence-corrected chi connectivity index (χ1v) is 12.8. The molecular weight excluding hydrogens is 542 g/mol. The van der Waals surface area contributed by atoms with Crippen LogP contribution < -0.4 is 33.8 Å². The average molecular weight is 570 g/mol. The molecule has 0 fully saturated rings. The monoisotopic (exact) mass is 569 g/mol. The van der Waals surface area contributed by atoms with Gasteiger partial charge in [-0.3, -0.25) is 19.5 Å². The van der Waals surface area contributed by atoms with Gasteiger partial charge in [-0.25, -0.2) is 9.79 Å². The summed E-state index contributed by atoms with van der Waals surface area (Å²) in [7, 11) is 5.75. The minimum Gasteiger partial charge on any atom is -0.497 e. The van der Waals surface area contributed by atoms with Crippen LogP contribution in [0.5, 0.6) is 23.0 Å². The molecule has 0 saturated heterocycles. The fourth-order valence-corrected chi connectivity index (χ4v) is 5.48. The Kier molecular flexibility index (Phi) is 8.24. The normalized spacial score (nSPS) is 14.8. The highest BCUT2D eigenvalue weighted by Gasteiger charge is 2.35. The topological polar surface area (TPSA) is 141 Å². The maximum Gasteiger partial charge on any atom is 0.338 e. The van der Waals surface area contributed by atoms with Gasteiger partial charge < -0.3 is 23.7 Å². The van der Waals surface area contributed by atoms with Crippen molar-refractivity contribution in [2.45, 2.75) is 19.9 Å². The molecule has 13 heteroatoms. The molecule has 1 aliphatic heterocycles. The van der Waals surface area contributed by atoms with E-state index in [9.17, 15) is 19.7 Å². The summed E-state index contributed by atoms with van der Waals surface area (Å²) in [6.07, 6.45) is 1.40. The standard InChI is InChI=1S/C27H27N3O9S/c1-7-39-26(32)23-14(2)28-27-29(24(23)17-12-16(35-3)8-9-19(17)36-4)25(31)22(40-27)11-15-10-20(37-5)21(38-6)13-18(15)30(33)34/h8-13,24H,7H2,1-6H3/b22-11-/t24-/m1/s1. The Bertz CT molecular complexity index is 1700. The molecule has 210 valence electrons. The second-order valence-corrected chi connectivity index (χ2v) is 9.44. The van der Waals surface area contributed by atoms with Crippen LogP contribution in [0.25, 0.3) is 6.08 Å². The van der Waals surface area contributed by atoms with Gasteiger partial charge >= 0.3 is 5.97 Å². The zero-order valence-corrected chi connectivity index (χ0v) is 23.5. The second-order valence-electron chi connectivity index (χ2n) is 8.43. The van der Waals surface area contributed by atoms with Crippen molar-refractivity contribution in [2.24, 2.45) is 4.99 Å². The molecule has 0 unspecified atom stereocenters. The molecule has 12 nitrogen and oxygen atoms in total. The Balaban J connectivity index is 2.05. The third-order valence-electron chi connectivity index (χ3n) is 6.26. The van der Waals surface area contributed by atoms with Crippen LogP contribution in [0.3, 0.4) is 0 Å². The molecule has 0 spiro atoms. The first-order valence-electron chi connectivity index (χ1n) is 12.0. The minimum absolute atomic E-state index is 0.116. The van der Waals surface area contributed by atoms with E-state index >= 15 is 0 Å². The molecule has 0 N–H and O–H groups in total. The van der Waals surface area contributed by atoms with Gasteiger partial charge in [0.25, 0.3) is 11.2 Å². The van der Waals surface area contributed by atoms with Crippen molar-refractivity contribution in [1.29, 1.82) is 0 Å². The molecule has 0 bridgehead atoms. The number of ether oxygens (including phenoxy) is 5. The molecule has 0 aliphatic carbocycles. The van der Waals surface area contributed by atoms with E-state index in [0.717, 1.165) is 11.3 Å². The number of thiazole rings is 1. The number of esters is 1. The summed E-state index contributed by atoms with van der Waals surface area (Å²) in [5, 5.41) is 11.9. The van der Waals surface area contributed by atoms with E-state index < -0.39 is 22.5 Å². The number of allylic oxidation sites excluding steroid dienone is 1. The summed E-state index contributed by atoms with van der Waals surface area (Å²) in [6, 6.07) is 6.74. The first-order chi connectivity index (χ1) is 19.2. The van der Waals surface area contributed by atoms with Gasteiger partial charge in [0, 0.05) is 5.56 Å². The molecule has 0 saturated carbocycles. The first kappa shape index (κ1) is 28.4. The Hall–Kier alpha value is -4.65. The molecule has 1 aliphatic rings. The number of methoxy groups -OCH3 is 4. The van der Waals surface area contributed by atoms with Crippen molar-refractivity contribution in [1.82, 2.24) is 4.57 Å². The number of carbonyl (C=O) groups is 1. The van der Waals surface area contributed by atoms with Crippen LogP contribution in [0.2, 0.25) is 0 Å². The largest absolute Gasteiger partial charge is 0.497 e. The van der Waals surface area contributed by atoms with Crippen LogP contribution in [0.4, 0.5) is 5.69 Å². The molecule has 2 aromatic carbocycles. The lowest BCUT2D eigenvalue weighted by Gasteiger charge is -2.26. The van der Waals surface area contributed by atoms with Crippen LogP contribution in [0, 0.1) is 10.1 Å². The SMILES string of the molecule is CCOC(=O)C1=C(C)N=c2s/c(=C\c3cc(OC)c(OC)cc3[N+](=O)[O-])c(=O)n2[C@@H]1c1cc(OC)ccc1OC. The summed E-state index contributed by atoms with van der Waals surface area (Å²) >= 11 is 1.03. The third-order valence-corrected chi connectivity index (χ3v) is 7.25. The van der Waals surface area contributed by atoms with Crippen LogP contribution >= 0.6 is 11.3 Å². The van der Waals surface area contributed by atoms with E-state index in [1.165, 1.54) is 51.2 Å². The molecule has 1 aromatic heterocycles. The number of aromatic nitrogens is 1. The number of rotatable bonds is 9.